The van der Waals surface area contributed by atoms with Gasteiger partial charge in [-0.2, -0.15) is 0 Å². The normalized spacial score (nSPS) is 27.2. The summed E-state index contributed by atoms with van der Waals surface area (Å²) >= 11 is 0. The Bertz CT molecular complexity index is 607. The van der Waals surface area contributed by atoms with Crippen molar-refractivity contribution in [1.29, 1.82) is 0 Å². The summed E-state index contributed by atoms with van der Waals surface area (Å²) in [6.45, 7) is 5.95. The topological polar surface area (TPSA) is 47.6 Å². The molecule has 1 aromatic rings. The fourth-order valence-corrected chi connectivity index (χ4v) is 7.17. The van der Waals surface area contributed by atoms with Gasteiger partial charge in [0.2, 0.25) is 7.37 Å². The van der Waals surface area contributed by atoms with Gasteiger partial charge in [-0.3, -0.25) is 4.57 Å². The maximum absolute atomic E-state index is 13.4. The average molecular weight is 379 g/mol. The second-order valence-corrected chi connectivity index (χ2v) is 10.5. The Hall–Kier alpha value is -0.670. The fourth-order valence-electron chi connectivity index (χ4n) is 4.33. The van der Waals surface area contributed by atoms with E-state index < -0.39 is 7.37 Å². The SMILES string of the molecule is CCOP(=O)(CC1CCCCC1)CC1CNC(c2cccc(C)c2)CO1. The fraction of sp³-hybridized carbons (Fsp3) is 0.714. The van der Waals surface area contributed by atoms with E-state index in [1.807, 2.05) is 6.92 Å². The molecule has 1 N–H and O–H groups in total. The lowest BCUT2D eigenvalue weighted by molar-refractivity contribution is 0.0151. The largest absolute Gasteiger partial charge is 0.374 e. The second-order valence-electron chi connectivity index (χ2n) is 7.93. The van der Waals surface area contributed by atoms with E-state index in [0.29, 0.717) is 25.3 Å². The van der Waals surface area contributed by atoms with Crippen molar-refractivity contribution in [1.82, 2.24) is 5.32 Å². The average Bonchev–Trinajstić information content (AvgIpc) is 2.63. The van der Waals surface area contributed by atoms with E-state index in [2.05, 4.69) is 36.5 Å². The molecule has 1 heterocycles. The lowest BCUT2D eigenvalue weighted by Gasteiger charge is -2.34. The Balaban J connectivity index is 1.54. The van der Waals surface area contributed by atoms with Crippen molar-refractivity contribution in [3.8, 4) is 0 Å². The van der Waals surface area contributed by atoms with Crippen LogP contribution in [0.3, 0.4) is 0 Å². The van der Waals surface area contributed by atoms with Crippen LogP contribution in [0.5, 0.6) is 0 Å². The van der Waals surface area contributed by atoms with Crippen LogP contribution in [0.2, 0.25) is 0 Å². The van der Waals surface area contributed by atoms with Crippen LogP contribution in [0.4, 0.5) is 0 Å². The van der Waals surface area contributed by atoms with E-state index in [1.165, 1.54) is 43.2 Å². The molecule has 146 valence electrons. The lowest BCUT2D eigenvalue weighted by atomic mass is 9.91. The molecule has 1 saturated carbocycles. The Morgan fingerprint density at radius 1 is 1.23 bits per heavy atom. The van der Waals surface area contributed by atoms with E-state index in [9.17, 15) is 4.57 Å². The summed E-state index contributed by atoms with van der Waals surface area (Å²) in [4.78, 5) is 0. The van der Waals surface area contributed by atoms with E-state index >= 15 is 0 Å². The van der Waals surface area contributed by atoms with Crippen molar-refractivity contribution >= 4 is 7.37 Å². The van der Waals surface area contributed by atoms with Gasteiger partial charge in [-0.15, -0.1) is 0 Å². The van der Waals surface area contributed by atoms with Gasteiger partial charge in [0.25, 0.3) is 0 Å². The molecule has 1 saturated heterocycles. The van der Waals surface area contributed by atoms with E-state index in [0.717, 1.165) is 12.7 Å². The second kappa shape index (κ2) is 9.50. The summed E-state index contributed by atoms with van der Waals surface area (Å²) in [6, 6.07) is 8.76. The highest BCUT2D eigenvalue weighted by Gasteiger charge is 2.34. The number of hydrogen-bond donors (Lipinski definition) is 1. The predicted octanol–water partition coefficient (Wildman–Crippen LogP) is 4.92. The van der Waals surface area contributed by atoms with Crippen LogP contribution in [-0.2, 0) is 13.8 Å². The lowest BCUT2D eigenvalue weighted by Crippen LogP contribution is -2.43. The highest BCUT2D eigenvalue weighted by Crippen LogP contribution is 2.51. The number of nitrogens with one attached hydrogen (secondary N) is 1. The van der Waals surface area contributed by atoms with E-state index in [-0.39, 0.29) is 12.1 Å². The van der Waals surface area contributed by atoms with Crippen LogP contribution >= 0.6 is 7.37 Å². The van der Waals surface area contributed by atoms with Crippen molar-refractivity contribution in [3.63, 3.8) is 0 Å². The van der Waals surface area contributed by atoms with E-state index in [4.69, 9.17) is 9.26 Å². The number of aryl methyl sites for hydroxylation is 1. The first-order valence-electron chi connectivity index (χ1n) is 10.2. The Labute approximate surface area is 158 Å². The third kappa shape index (κ3) is 5.66. The highest BCUT2D eigenvalue weighted by molar-refractivity contribution is 7.59. The van der Waals surface area contributed by atoms with Gasteiger partial charge in [-0.1, -0.05) is 49.1 Å². The minimum atomic E-state index is -2.62. The Kier molecular flexibility index (Phi) is 7.34. The smallest absolute Gasteiger partial charge is 0.206 e. The van der Waals surface area contributed by atoms with Crippen LogP contribution in [0.1, 0.15) is 56.2 Å². The molecule has 5 heteroatoms. The Morgan fingerprint density at radius 2 is 2.04 bits per heavy atom. The van der Waals surface area contributed by atoms with Gasteiger partial charge in [0.1, 0.15) is 0 Å². The number of ether oxygens (including phenoxy) is 1. The maximum atomic E-state index is 13.4. The molecule has 1 aromatic carbocycles. The van der Waals surface area contributed by atoms with Crippen LogP contribution in [0, 0.1) is 12.8 Å². The molecule has 0 spiro atoms. The molecule has 4 nitrogen and oxygen atoms in total. The third-order valence-corrected chi connectivity index (χ3v) is 8.41. The molecule has 0 radical (unpaired) electrons. The monoisotopic (exact) mass is 379 g/mol. The predicted molar refractivity (Wildman–Crippen MR) is 107 cm³/mol. The zero-order chi connectivity index (χ0) is 18.4. The summed E-state index contributed by atoms with van der Waals surface area (Å²) < 4.78 is 25.3. The van der Waals surface area contributed by atoms with Crippen molar-refractivity contribution in [2.24, 2.45) is 5.92 Å². The molecule has 3 atom stereocenters. The summed E-state index contributed by atoms with van der Waals surface area (Å²) in [7, 11) is -2.62. The van der Waals surface area contributed by atoms with Gasteiger partial charge in [-0.05, 0) is 38.2 Å². The van der Waals surface area contributed by atoms with Gasteiger partial charge < -0.3 is 14.6 Å². The minimum Gasteiger partial charge on any atom is -0.374 e. The number of benzene rings is 1. The quantitative estimate of drug-likeness (QED) is 0.683. The van der Waals surface area contributed by atoms with Gasteiger partial charge in [0.15, 0.2) is 0 Å². The summed E-state index contributed by atoms with van der Waals surface area (Å²) in [5.74, 6) is 0.567. The van der Waals surface area contributed by atoms with Crippen LogP contribution in [-0.4, -0.2) is 38.2 Å². The molecule has 1 aliphatic carbocycles. The minimum absolute atomic E-state index is 0.0166. The molecule has 3 unspecified atom stereocenters. The van der Waals surface area contributed by atoms with Crippen molar-refractivity contribution in [2.75, 3.05) is 32.1 Å². The van der Waals surface area contributed by atoms with Crippen LogP contribution < -0.4 is 5.32 Å². The first-order chi connectivity index (χ1) is 12.6. The molecular weight excluding hydrogens is 345 g/mol. The molecule has 3 rings (SSSR count). The van der Waals surface area contributed by atoms with Gasteiger partial charge in [0, 0.05) is 12.7 Å². The zero-order valence-electron chi connectivity index (χ0n) is 16.3. The molecular formula is C21H34NO3P. The standard InChI is InChI=1S/C21H34NO3P/c1-3-25-26(23,15-18-9-5-4-6-10-18)16-20-13-22-21(14-24-20)19-11-7-8-17(2)12-19/h7-8,11-12,18,20-22H,3-6,9-10,13-16H2,1-2H3. The van der Waals surface area contributed by atoms with Crippen molar-refractivity contribution < 1.29 is 13.8 Å². The molecule has 2 aliphatic rings. The number of rotatable bonds is 7. The zero-order valence-corrected chi connectivity index (χ0v) is 17.2. The molecule has 0 aromatic heterocycles. The van der Waals surface area contributed by atoms with Gasteiger partial charge >= 0.3 is 0 Å². The number of hydrogen-bond acceptors (Lipinski definition) is 4. The molecule has 26 heavy (non-hydrogen) atoms. The highest BCUT2D eigenvalue weighted by atomic mass is 31.2. The first kappa shape index (κ1) is 20.1. The molecule has 1 aliphatic heterocycles. The van der Waals surface area contributed by atoms with Gasteiger partial charge in [-0.25, -0.2) is 0 Å². The first-order valence-corrected chi connectivity index (χ1v) is 12.2. The van der Waals surface area contributed by atoms with Crippen LogP contribution in [0.25, 0.3) is 0 Å². The summed E-state index contributed by atoms with van der Waals surface area (Å²) in [5.41, 5.74) is 2.53. The van der Waals surface area contributed by atoms with Gasteiger partial charge in [0.05, 0.1) is 31.5 Å². The molecule has 0 bridgehead atoms. The van der Waals surface area contributed by atoms with Crippen LogP contribution in [0.15, 0.2) is 24.3 Å². The maximum Gasteiger partial charge on any atom is 0.206 e. The van der Waals surface area contributed by atoms with Crippen molar-refractivity contribution in [3.05, 3.63) is 35.4 Å². The third-order valence-electron chi connectivity index (χ3n) is 5.64. The van der Waals surface area contributed by atoms with E-state index in [1.54, 1.807) is 0 Å². The van der Waals surface area contributed by atoms with Crippen molar-refractivity contribution in [2.45, 2.75) is 58.1 Å². The Morgan fingerprint density at radius 3 is 2.69 bits per heavy atom. The molecule has 0 amide bonds. The summed E-state index contributed by atoms with van der Waals surface area (Å²) in [6.07, 6.45) is 7.55. The molecule has 2 fully saturated rings. The number of morpholine rings is 1. The summed E-state index contributed by atoms with van der Waals surface area (Å²) in [5, 5.41) is 3.58.